The van der Waals surface area contributed by atoms with Crippen LogP contribution in [-0.2, 0) is 0 Å². The van der Waals surface area contributed by atoms with Gasteiger partial charge in [-0.1, -0.05) is 0 Å². The van der Waals surface area contributed by atoms with Gasteiger partial charge in [-0.15, -0.1) is 0 Å². The third-order valence-corrected chi connectivity index (χ3v) is 2.32. The Bertz CT molecular complexity index is 294. The summed E-state index contributed by atoms with van der Waals surface area (Å²) in [7, 11) is 0. The monoisotopic (exact) mass is 245 g/mol. The van der Waals surface area contributed by atoms with E-state index in [1.54, 1.807) is 6.07 Å². The van der Waals surface area contributed by atoms with Crippen LogP contribution in [0.3, 0.4) is 0 Å². The predicted octanol–water partition coefficient (Wildman–Crippen LogP) is 2.35. The van der Waals surface area contributed by atoms with Gasteiger partial charge in [-0.25, -0.2) is 0 Å². The highest BCUT2D eigenvalue weighted by Crippen LogP contribution is 2.19. The van der Waals surface area contributed by atoms with Crippen molar-refractivity contribution in [1.29, 1.82) is 0 Å². The molecule has 0 aliphatic carbocycles. The van der Waals surface area contributed by atoms with Crippen LogP contribution >= 0.6 is 15.9 Å². The Hall–Kier alpha value is -0.610. The SMILES string of the molecule is CC(N)CCC(=O)c1occc1Br. The summed E-state index contributed by atoms with van der Waals surface area (Å²) in [5, 5.41) is 0. The van der Waals surface area contributed by atoms with Gasteiger partial charge in [0.05, 0.1) is 10.7 Å². The molecule has 0 spiro atoms. The highest BCUT2D eigenvalue weighted by atomic mass is 79.9. The van der Waals surface area contributed by atoms with Crippen LogP contribution in [0.1, 0.15) is 30.3 Å². The Balaban J connectivity index is 2.54. The molecule has 13 heavy (non-hydrogen) atoms. The molecule has 0 saturated carbocycles. The number of hydrogen-bond acceptors (Lipinski definition) is 3. The maximum Gasteiger partial charge on any atom is 0.199 e. The Morgan fingerprint density at radius 1 is 1.77 bits per heavy atom. The van der Waals surface area contributed by atoms with Crippen molar-refractivity contribution in [3.8, 4) is 0 Å². The van der Waals surface area contributed by atoms with Gasteiger partial charge in [0.1, 0.15) is 0 Å². The summed E-state index contributed by atoms with van der Waals surface area (Å²) in [5.41, 5.74) is 5.54. The number of carbonyl (C=O) groups is 1. The van der Waals surface area contributed by atoms with Crippen molar-refractivity contribution in [2.24, 2.45) is 5.73 Å². The molecule has 0 amide bonds. The lowest BCUT2D eigenvalue weighted by molar-refractivity contribution is 0.0950. The lowest BCUT2D eigenvalue weighted by Gasteiger charge is -2.02. The number of nitrogens with two attached hydrogens (primary N) is 1. The molecule has 0 fully saturated rings. The first-order chi connectivity index (χ1) is 6.11. The highest BCUT2D eigenvalue weighted by Gasteiger charge is 2.13. The minimum atomic E-state index is -0.00539. The third kappa shape index (κ3) is 2.97. The fraction of sp³-hybridized carbons (Fsp3) is 0.444. The zero-order valence-electron chi connectivity index (χ0n) is 7.42. The molecule has 1 heterocycles. The number of carbonyl (C=O) groups excluding carboxylic acids is 1. The second kappa shape index (κ2) is 4.58. The van der Waals surface area contributed by atoms with Gasteiger partial charge in [0, 0.05) is 12.5 Å². The Morgan fingerprint density at radius 2 is 2.46 bits per heavy atom. The van der Waals surface area contributed by atoms with Crippen LogP contribution in [0.5, 0.6) is 0 Å². The van der Waals surface area contributed by atoms with E-state index in [-0.39, 0.29) is 11.8 Å². The molecule has 0 aliphatic rings. The van der Waals surface area contributed by atoms with Crippen LogP contribution in [-0.4, -0.2) is 11.8 Å². The van der Waals surface area contributed by atoms with Crippen LogP contribution in [0.2, 0.25) is 0 Å². The van der Waals surface area contributed by atoms with Crippen molar-refractivity contribution < 1.29 is 9.21 Å². The van der Waals surface area contributed by atoms with Crippen molar-refractivity contribution in [1.82, 2.24) is 0 Å². The average Bonchev–Trinajstić information content (AvgIpc) is 2.47. The standard InChI is InChI=1S/C9H12BrNO2/c1-6(11)2-3-8(12)9-7(10)4-5-13-9/h4-6H,2-3,11H2,1H3. The molecule has 1 unspecified atom stereocenters. The van der Waals surface area contributed by atoms with Crippen molar-refractivity contribution >= 4 is 21.7 Å². The van der Waals surface area contributed by atoms with Crippen LogP contribution in [0.4, 0.5) is 0 Å². The first-order valence-corrected chi connectivity index (χ1v) is 4.92. The molecular weight excluding hydrogens is 234 g/mol. The fourth-order valence-electron chi connectivity index (χ4n) is 0.965. The van der Waals surface area contributed by atoms with Gasteiger partial charge >= 0.3 is 0 Å². The topological polar surface area (TPSA) is 56.2 Å². The van der Waals surface area contributed by atoms with Crippen LogP contribution in [0, 0.1) is 0 Å². The molecule has 1 atom stereocenters. The highest BCUT2D eigenvalue weighted by molar-refractivity contribution is 9.10. The smallest absolute Gasteiger partial charge is 0.199 e. The first-order valence-electron chi connectivity index (χ1n) is 4.13. The number of Topliss-reactive ketones (excluding diaryl/α,β-unsaturated/α-hetero) is 1. The van der Waals surface area contributed by atoms with Crippen LogP contribution in [0.25, 0.3) is 0 Å². The van der Waals surface area contributed by atoms with Crippen molar-refractivity contribution in [2.75, 3.05) is 0 Å². The number of hydrogen-bond donors (Lipinski definition) is 1. The van der Waals surface area contributed by atoms with E-state index in [0.717, 1.165) is 0 Å². The van der Waals surface area contributed by atoms with Gasteiger partial charge in [-0.05, 0) is 35.3 Å². The first kappa shape index (κ1) is 10.5. The number of furan rings is 1. The van der Waals surface area contributed by atoms with Gasteiger partial charge in [0.15, 0.2) is 11.5 Å². The normalized spacial score (nSPS) is 12.8. The molecule has 1 aromatic rings. The lowest BCUT2D eigenvalue weighted by atomic mass is 10.1. The predicted molar refractivity (Wildman–Crippen MR) is 53.6 cm³/mol. The number of rotatable bonds is 4. The summed E-state index contributed by atoms with van der Waals surface area (Å²) in [4.78, 5) is 11.5. The van der Waals surface area contributed by atoms with Crippen LogP contribution in [0.15, 0.2) is 21.2 Å². The van der Waals surface area contributed by atoms with Crippen LogP contribution < -0.4 is 5.73 Å². The Morgan fingerprint density at radius 3 is 2.92 bits per heavy atom. The Labute approximate surface area is 85.4 Å². The summed E-state index contributed by atoms with van der Waals surface area (Å²) in [6.07, 6.45) is 2.61. The van der Waals surface area contributed by atoms with E-state index in [1.165, 1.54) is 6.26 Å². The lowest BCUT2D eigenvalue weighted by Crippen LogP contribution is -2.16. The number of halogens is 1. The van der Waals surface area contributed by atoms with E-state index >= 15 is 0 Å². The molecule has 3 nitrogen and oxygen atoms in total. The summed E-state index contributed by atoms with van der Waals surface area (Å²) >= 11 is 3.23. The van der Waals surface area contributed by atoms with E-state index in [9.17, 15) is 4.79 Å². The number of ketones is 1. The maximum absolute atomic E-state index is 11.5. The van der Waals surface area contributed by atoms with Crippen molar-refractivity contribution in [3.63, 3.8) is 0 Å². The fourth-order valence-corrected chi connectivity index (χ4v) is 1.39. The van der Waals surface area contributed by atoms with Gasteiger partial charge in [-0.3, -0.25) is 4.79 Å². The van der Waals surface area contributed by atoms with Gasteiger partial charge in [-0.2, -0.15) is 0 Å². The summed E-state index contributed by atoms with van der Waals surface area (Å²) < 4.78 is 5.73. The average molecular weight is 246 g/mol. The van der Waals surface area contributed by atoms with E-state index < -0.39 is 0 Å². The third-order valence-electron chi connectivity index (χ3n) is 1.70. The molecule has 0 aliphatic heterocycles. The van der Waals surface area contributed by atoms with Crippen molar-refractivity contribution in [2.45, 2.75) is 25.8 Å². The Kier molecular flexibility index (Phi) is 3.69. The minimum Gasteiger partial charge on any atom is -0.460 e. The summed E-state index contributed by atoms with van der Waals surface area (Å²) in [6, 6.07) is 1.76. The second-order valence-corrected chi connectivity index (χ2v) is 3.89. The van der Waals surface area contributed by atoms with E-state index in [1.807, 2.05) is 6.92 Å². The zero-order chi connectivity index (χ0) is 9.84. The maximum atomic E-state index is 11.5. The summed E-state index contributed by atoms with van der Waals surface area (Å²) in [5.74, 6) is 0.384. The quantitative estimate of drug-likeness (QED) is 0.829. The molecule has 72 valence electrons. The molecule has 0 saturated heterocycles. The van der Waals surface area contributed by atoms with Gasteiger partial charge in [0.25, 0.3) is 0 Å². The molecular formula is C9H12BrNO2. The van der Waals surface area contributed by atoms with E-state index in [0.29, 0.717) is 23.1 Å². The minimum absolute atomic E-state index is 0.00539. The molecule has 0 aromatic carbocycles. The zero-order valence-corrected chi connectivity index (χ0v) is 9.00. The van der Waals surface area contributed by atoms with Gasteiger partial charge < -0.3 is 10.2 Å². The van der Waals surface area contributed by atoms with Crippen molar-refractivity contribution in [3.05, 3.63) is 22.6 Å². The molecule has 2 N–H and O–H groups in total. The molecule has 1 aromatic heterocycles. The largest absolute Gasteiger partial charge is 0.460 e. The molecule has 1 rings (SSSR count). The molecule has 0 radical (unpaired) electrons. The van der Waals surface area contributed by atoms with Gasteiger partial charge in [0.2, 0.25) is 0 Å². The summed E-state index contributed by atoms with van der Waals surface area (Å²) in [6.45, 7) is 1.88. The second-order valence-electron chi connectivity index (χ2n) is 3.04. The van der Waals surface area contributed by atoms with E-state index in [4.69, 9.17) is 10.2 Å². The molecule has 4 heteroatoms. The molecule has 0 bridgehead atoms. The van der Waals surface area contributed by atoms with E-state index in [2.05, 4.69) is 15.9 Å².